The van der Waals surface area contributed by atoms with Gasteiger partial charge < -0.3 is 5.32 Å². The first-order valence-electron chi connectivity index (χ1n) is 4.95. The molecule has 0 saturated carbocycles. The number of hydrogen-bond acceptors (Lipinski definition) is 4. The van der Waals surface area contributed by atoms with Gasteiger partial charge in [0.05, 0.1) is 5.69 Å². The lowest BCUT2D eigenvalue weighted by molar-refractivity contribution is 0.662. The number of nitrogens with zero attached hydrogens (tertiary/aromatic N) is 2. The molecule has 84 valence electrons. The zero-order valence-corrected chi connectivity index (χ0v) is 11.5. The van der Waals surface area contributed by atoms with Crippen molar-refractivity contribution in [3.05, 3.63) is 33.9 Å². The summed E-state index contributed by atoms with van der Waals surface area (Å²) in [4.78, 5) is 9.94. The van der Waals surface area contributed by atoms with Crippen LogP contribution in [0.1, 0.15) is 17.8 Å². The van der Waals surface area contributed by atoms with Crippen molar-refractivity contribution in [3.63, 3.8) is 0 Å². The van der Waals surface area contributed by atoms with E-state index in [2.05, 4.69) is 38.1 Å². The number of pyridine rings is 1. The van der Waals surface area contributed by atoms with E-state index in [0.29, 0.717) is 6.04 Å². The Labute approximate surface area is 107 Å². The molecule has 1 unspecified atom stereocenters. The monoisotopic (exact) mass is 297 g/mol. The maximum absolute atomic E-state index is 4.39. The van der Waals surface area contributed by atoms with Crippen molar-refractivity contribution in [1.82, 2.24) is 15.3 Å². The van der Waals surface area contributed by atoms with Crippen LogP contribution in [0.5, 0.6) is 0 Å². The van der Waals surface area contributed by atoms with E-state index < -0.39 is 0 Å². The first kappa shape index (κ1) is 11.7. The van der Waals surface area contributed by atoms with Crippen LogP contribution in [0.2, 0.25) is 0 Å². The molecule has 0 aliphatic carbocycles. The van der Waals surface area contributed by atoms with Crippen molar-refractivity contribution in [2.75, 3.05) is 7.05 Å². The second kappa shape index (κ2) is 5.03. The fraction of sp³-hybridized carbons (Fsp3) is 0.273. The Hall–Kier alpha value is -0.780. The molecular weight excluding hydrogens is 286 g/mol. The second-order valence-corrected chi connectivity index (χ2v) is 5.42. The summed E-state index contributed by atoms with van der Waals surface area (Å²) in [6, 6.07) is 4.28. The van der Waals surface area contributed by atoms with Gasteiger partial charge in [-0.2, -0.15) is 0 Å². The van der Waals surface area contributed by atoms with Crippen molar-refractivity contribution in [3.8, 4) is 10.7 Å². The van der Waals surface area contributed by atoms with Crippen LogP contribution in [-0.4, -0.2) is 17.0 Å². The number of halogens is 1. The summed E-state index contributed by atoms with van der Waals surface area (Å²) in [5.74, 6) is 0. The molecule has 0 fully saturated rings. The average molecular weight is 298 g/mol. The smallest absolute Gasteiger partial charge is 0.142 e. The summed E-state index contributed by atoms with van der Waals surface area (Å²) in [7, 11) is 1.95. The van der Waals surface area contributed by atoms with Crippen molar-refractivity contribution in [2.45, 2.75) is 13.0 Å². The highest BCUT2D eigenvalue weighted by Gasteiger charge is 2.09. The SMILES string of the molecule is CNC(C)c1cnc(-c2ccc(Br)cn2)s1. The van der Waals surface area contributed by atoms with E-state index in [4.69, 9.17) is 0 Å². The second-order valence-electron chi connectivity index (χ2n) is 3.44. The number of thiazole rings is 1. The van der Waals surface area contributed by atoms with Gasteiger partial charge in [-0.1, -0.05) is 0 Å². The fourth-order valence-electron chi connectivity index (χ4n) is 1.25. The van der Waals surface area contributed by atoms with E-state index in [-0.39, 0.29) is 0 Å². The molecule has 0 spiro atoms. The molecule has 0 aliphatic rings. The molecule has 0 amide bonds. The summed E-state index contributed by atoms with van der Waals surface area (Å²) in [6.07, 6.45) is 3.70. The molecule has 5 heteroatoms. The molecule has 0 aromatic carbocycles. The molecule has 0 bridgehead atoms. The lowest BCUT2D eigenvalue weighted by Gasteiger charge is -2.04. The van der Waals surface area contributed by atoms with Crippen molar-refractivity contribution in [1.29, 1.82) is 0 Å². The number of hydrogen-bond donors (Lipinski definition) is 1. The largest absolute Gasteiger partial charge is 0.312 e. The standard InChI is InChI=1S/C11H12BrN3S/c1-7(13-2)10-6-15-11(16-10)9-4-3-8(12)5-14-9/h3-7,13H,1-2H3. The highest BCUT2D eigenvalue weighted by atomic mass is 79.9. The third-order valence-electron chi connectivity index (χ3n) is 2.33. The topological polar surface area (TPSA) is 37.8 Å². The van der Waals surface area contributed by atoms with Gasteiger partial charge in [-0.15, -0.1) is 11.3 Å². The van der Waals surface area contributed by atoms with E-state index in [1.807, 2.05) is 25.4 Å². The third kappa shape index (κ3) is 2.48. The van der Waals surface area contributed by atoms with E-state index >= 15 is 0 Å². The molecule has 2 aromatic rings. The molecule has 1 atom stereocenters. The minimum absolute atomic E-state index is 0.335. The van der Waals surface area contributed by atoms with Crippen molar-refractivity contribution < 1.29 is 0 Å². The maximum Gasteiger partial charge on any atom is 0.142 e. The van der Waals surface area contributed by atoms with E-state index in [0.717, 1.165) is 15.2 Å². The molecule has 2 rings (SSSR count). The molecule has 1 N–H and O–H groups in total. The predicted molar refractivity (Wildman–Crippen MR) is 70.5 cm³/mol. The summed E-state index contributed by atoms with van der Waals surface area (Å²) in [6.45, 7) is 2.12. The normalized spacial score (nSPS) is 12.7. The molecule has 0 aliphatic heterocycles. The number of rotatable bonds is 3. The molecule has 0 saturated heterocycles. The van der Waals surface area contributed by atoms with Gasteiger partial charge >= 0.3 is 0 Å². The number of aromatic nitrogens is 2. The van der Waals surface area contributed by atoms with Gasteiger partial charge in [0.1, 0.15) is 5.01 Å². The first-order chi connectivity index (χ1) is 7.70. The zero-order chi connectivity index (χ0) is 11.5. The highest BCUT2D eigenvalue weighted by molar-refractivity contribution is 9.10. The zero-order valence-electron chi connectivity index (χ0n) is 9.07. The van der Waals surface area contributed by atoms with Crippen LogP contribution in [0, 0.1) is 0 Å². The van der Waals surface area contributed by atoms with Crippen LogP contribution in [0.25, 0.3) is 10.7 Å². The van der Waals surface area contributed by atoms with Gasteiger partial charge in [0.15, 0.2) is 0 Å². The van der Waals surface area contributed by atoms with Gasteiger partial charge in [-0.05, 0) is 42.0 Å². The van der Waals surface area contributed by atoms with Crippen molar-refractivity contribution >= 4 is 27.3 Å². The molecular formula is C11H12BrN3S. The van der Waals surface area contributed by atoms with Crippen LogP contribution in [0.3, 0.4) is 0 Å². The predicted octanol–water partition coefficient (Wildman–Crippen LogP) is 3.25. The molecule has 16 heavy (non-hydrogen) atoms. The minimum atomic E-state index is 0.335. The van der Waals surface area contributed by atoms with Crippen LogP contribution >= 0.6 is 27.3 Å². The molecule has 2 heterocycles. The summed E-state index contributed by atoms with van der Waals surface area (Å²) in [5, 5.41) is 4.16. The van der Waals surface area contributed by atoms with Crippen LogP contribution < -0.4 is 5.32 Å². The van der Waals surface area contributed by atoms with Gasteiger partial charge in [0, 0.05) is 27.8 Å². The average Bonchev–Trinajstić information content (AvgIpc) is 2.78. The Morgan fingerprint density at radius 3 is 2.75 bits per heavy atom. The summed E-state index contributed by atoms with van der Waals surface area (Å²) >= 11 is 5.04. The van der Waals surface area contributed by atoms with Crippen LogP contribution in [-0.2, 0) is 0 Å². The quantitative estimate of drug-likeness (QED) is 0.945. The molecule has 2 aromatic heterocycles. The Morgan fingerprint density at radius 2 is 2.12 bits per heavy atom. The number of nitrogens with one attached hydrogen (secondary N) is 1. The Kier molecular flexibility index (Phi) is 3.68. The van der Waals surface area contributed by atoms with Gasteiger partial charge in [0.25, 0.3) is 0 Å². The molecule has 0 radical (unpaired) electrons. The Balaban J connectivity index is 2.28. The van der Waals surface area contributed by atoms with E-state index in [1.54, 1.807) is 17.5 Å². The highest BCUT2D eigenvalue weighted by Crippen LogP contribution is 2.27. The Morgan fingerprint density at radius 1 is 1.31 bits per heavy atom. The van der Waals surface area contributed by atoms with E-state index in [9.17, 15) is 0 Å². The van der Waals surface area contributed by atoms with E-state index in [1.165, 1.54) is 4.88 Å². The van der Waals surface area contributed by atoms with Crippen molar-refractivity contribution in [2.24, 2.45) is 0 Å². The lowest BCUT2D eigenvalue weighted by Crippen LogP contribution is -2.10. The minimum Gasteiger partial charge on any atom is -0.312 e. The van der Waals surface area contributed by atoms with Gasteiger partial charge in [-0.25, -0.2) is 4.98 Å². The van der Waals surface area contributed by atoms with Crippen LogP contribution in [0.4, 0.5) is 0 Å². The first-order valence-corrected chi connectivity index (χ1v) is 6.56. The molecule has 3 nitrogen and oxygen atoms in total. The Bertz CT molecular complexity index is 466. The van der Waals surface area contributed by atoms with Gasteiger partial charge in [0.2, 0.25) is 0 Å². The summed E-state index contributed by atoms with van der Waals surface area (Å²) < 4.78 is 0.983. The summed E-state index contributed by atoms with van der Waals surface area (Å²) in [5.41, 5.74) is 0.919. The van der Waals surface area contributed by atoms with Crippen LogP contribution in [0.15, 0.2) is 29.0 Å². The fourth-order valence-corrected chi connectivity index (χ4v) is 2.44. The maximum atomic E-state index is 4.39. The third-order valence-corrected chi connectivity index (χ3v) is 4.00. The lowest BCUT2D eigenvalue weighted by atomic mass is 10.3. The van der Waals surface area contributed by atoms with Gasteiger partial charge in [-0.3, -0.25) is 4.98 Å².